The lowest BCUT2D eigenvalue weighted by Gasteiger charge is -2.10. The molecule has 0 unspecified atom stereocenters. The Morgan fingerprint density at radius 1 is 1.45 bits per heavy atom. The highest BCUT2D eigenvalue weighted by Crippen LogP contribution is 2.16. The summed E-state index contributed by atoms with van der Waals surface area (Å²) in [6, 6.07) is 4.56. The molecule has 0 bridgehead atoms. The Labute approximate surface area is 122 Å². The third-order valence-corrected chi connectivity index (χ3v) is 3.15. The van der Waals surface area contributed by atoms with Crippen LogP contribution in [0.5, 0.6) is 0 Å². The van der Waals surface area contributed by atoms with Crippen LogP contribution in [-0.4, -0.2) is 29.8 Å². The lowest BCUT2D eigenvalue weighted by atomic mass is 10.2. The maximum absolute atomic E-state index is 13.7. The van der Waals surface area contributed by atoms with Gasteiger partial charge in [0.2, 0.25) is 0 Å². The van der Waals surface area contributed by atoms with Crippen molar-refractivity contribution in [2.75, 3.05) is 20.3 Å². The molecule has 0 saturated heterocycles. The van der Waals surface area contributed by atoms with Crippen molar-refractivity contribution in [3.8, 4) is 0 Å². The summed E-state index contributed by atoms with van der Waals surface area (Å²) in [5, 5.41) is 3.74. The molecule has 0 aliphatic carbocycles. The first-order chi connectivity index (χ1) is 9.70. The molecular weight excluding hydrogens is 281 g/mol. The maximum atomic E-state index is 13.7. The third-order valence-electron chi connectivity index (χ3n) is 2.92. The van der Waals surface area contributed by atoms with Gasteiger partial charge in [-0.2, -0.15) is 0 Å². The first-order valence-electron chi connectivity index (χ1n) is 6.34. The molecule has 20 heavy (non-hydrogen) atoms. The molecule has 1 heterocycles. The Hall–Kier alpha value is -1.43. The van der Waals surface area contributed by atoms with Gasteiger partial charge in [0.25, 0.3) is 0 Å². The van der Waals surface area contributed by atoms with Crippen LogP contribution in [-0.2, 0) is 17.8 Å². The van der Waals surface area contributed by atoms with Gasteiger partial charge in [-0.15, -0.1) is 0 Å². The van der Waals surface area contributed by atoms with E-state index in [1.54, 1.807) is 25.4 Å². The summed E-state index contributed by atoms with van der Waals surface area (Å²) in [7, 11) is 1.66. The van der Waals surface area contributed by atoms with Crippen molar-refractivity contribution in [2.24, 2.45) is 0 Å². The summed E-state index contributed by atoms with van der Waals surface area (Å²) < 4.78 is 20.6. The zero-order valence-electron chi connectivity index (χ0n) is 11.3. The lowest BCUT2D eigenvalue weighted by molar-refractivity contribution is 0.199. The molecular formula is C14H17ClFN3O. The van der Waals surface area contributed by atoms with E-state index in [0.717, 1.165) is 12.4 Å². The quantitative estimate of drug-likeness (QED) is 0.798. The number of halogens is 2. The van der Waals surface area contributed by atoms with Crippen LogP contribution in [0.15, 0.2) is 30.6 Å². The predicted octanol–water partition coefficient (Wildman–Crippen LogP) is 2.46. The number of benzene rings is 1. The molecule has 1 N–H and O–H groups in total. The smallest absolute Gasteiger partial charge is 0.128 e. The number of imidazole rings is 1. The highest BCUT2D eigenvalue weighted by molar-refractivity contribution is 6.30. The number of ether oxygens (including phenoxy) is 1. The second kappa shape index (κ2) is 7.38. The Morgan fingerprint density at radius 2 is 2.30 bits per heavy atom. The fourth-order valence-corrected chi connectivity index (χ4v) is 2.07. The first kappa shape index (κ1) is 15.0. The van der Waals surface area contributed by atoms with Crippen molar-refractivity contribution < 1.29 is 9.13 Å². The lowest BCUT2D eigenvalue weighted by Crippen LogP contribution is -2.21. The number of hydrogen-bond donors (Lipinski definition) is 1. The van der Waals surface area contributed by atoms with E-state index in [9.17, 15) is 4.39 Å². The normalized spacial score (nSPS) is 10.9. The molecule has 1 aromatic carbocycles. The van der Waals surface area contributed by atoms with Crippen LogP contribution in [0.3, 0.4) is 0 Å². The van der Waals surface area contributed by atoms with E-state index in [1.165, 1.54) is 6.07 Å². The van der Waals surface area contributed by atoms with E-state index in [1.807, 2.05) is 10.8 Å². The van der Waals surface area contributed by atoms with Gasteiger partial charge in [0.15, 0.2) is 0 Å². The molecule has 2 rings (SSSR count). The molecule has 0 saturated carbocycles. The topological polar surface area (TPSA) is 39.1 Å². The number of nitrogens with zero attached hydrogens (tertiary/aromatic N) is 2. The fraction of sp³-hybridized carbons (Fsp3) is 0.357. The fourth-order valence-electron chi connectivity index (χ4n) is 1.87. The Kier molecular flexibility index (Phi) is 5.52. The molecule has 0 aliphatic rings. The second-order valence-electron chi connectivity index (χ2n) is 4.38. The average Bonchev–Trinajstić information content (AvgIpc) is 2.86. The van der Waals surface area contributed by atoms with Gasteiger partial charge in [-0.1, -0.05) is 11.6 Å². The largest absolute Gasteiger partial charge is 0.383 e. The Morgan fingerprint density at radius 3 is 3.10 bits per heavy atom. The minimum Gasteiger partial charge on any atom is -0.383 e. The molecule has 108 valence electrons. The summed E-state index contributed by atoms with van der Waals surface area (Å²) in [6.07, 6.45) is 3.53. The standard InChI is InChI=1S/C14H17ClFN3O/c1-20-7-5-17-9-14-18-4-6-19(14)10-11-8-12(15)2-3-13(11)16/h2-4,6,8,17H,5,7,9-10H2,1H3. The number of nitrogens with one attached hydrogen (secondary N) is 1. The van der Waals surface area contributed by atoms with Gasteiger partial charge < -0.3 is 14.6 Å². The van der Waals surface area contributed by atoms with Gasteiger partial charge in [-0.05, 0) is 18.2 Å². The zero-order valence-corrected chi connectivity index (χ0v) is 12.0. The van der Waals surface area contributed by atoms with Crippen LogP contribution < -0.4 is 5.32 Å². The molecule has 0 fully saturated rings. The number of hydrogen-bond acceptors (Lipinski definition) is 3. The third kappa shape index (κ3) is 4.03. The Bertz CT molecular complexity index is 559. The van der Waals surface area contributed by atoms with Gasteiger partial charge in [-0.25, -0.2) is 9.37 Å². The van der Waals surface area contributed by atoms with Crippen LogP contribution >= 0.6 is 11.6 Å². The average molecular weight is 298 g/mol. The molecule has 0 atom stereocenters. The summed E-state index contributed by atoms with van der Waals surface area (Å²) in [6.45, 7) is 2.41. The summed E-state index contributed by atoms with van der Waals surface area (Å²) in [5.41, 5.74) is 0.550. The van der Waals surface area contributed by atoms with Crippen molar-refractivity contribution in [1.82, 2.24) is 14.9 Å². The van der Waals surface area contributed by atoms with E-state index >= 15 is 0 Å². The monoisotopic (exact) mass is 297 g/mol. The van der Waals surface area contributed by atoms with Gasteiger partial charge in [0, 0.05) is 36.6 Å². The predicted molar refractivity (Wildman–Crippen MR) is 76.3 cm³/mol. The van der Waals surface area contributed by atoms with Gasteiger partial charge in [-0.3, -0.25) is 0 Å². The Balaban J connectivity index is 2.02. The maximum Gasteiger partial charge on any atom is 0.128 e. The van der Waals surface area contributed by atoms with Crippen molar-refractivity contribution in [2.45, 2.75) is 13.1 Å². The molecule has 4 nitrogen and oxygen atoms in total. The van der Waals surface area contributed by atoms with Crippen LogP contribution in [0.2, 0.25) is 5.02 Å². The van der Waals surface area contributed by atoms with E-state index < -0.39 is 0 Å². The van der Waals surface area contributed by atoms with Crippen LogP contribution in [0, 0.1) is 5.82 Å². The minimum absolute atomic E-state index is 0.263. The SMILES string of the molecule is COCCNCc1nccn1Cc1cc(Cl)ccc1F. The van der Waals surface area contributed by atoms with Crippen LogP contribution in [0.25, 0.3) is 0 Å². The van der Waals surface area contributed by atoms with Crippen molar-refractivity contribution in [3.05, 3.63) is 52.8 Å². The molecule has 2 aromatic rings. The second-order valence-corrected chi connectivity index (χ2v) is 4.81. The van der Waals surface area contributed by atoms with Crippen LogP contribution in [0.4, 0.5) is 4.39 Å². The van der Waals surface area contributed by atoms with Crippen molar-refractivity contribution in [3.63, 3.8) is 0 Å². The van der Waals surface area contributed by atoms with Gasteiger partial charge >= 0.3 is 0 Å². The summed E-state index contributed by atoms with van der Waals surface area (Å²) >= 11 is 5.90. The minimum atomic E-state index is -0.263. The van der Waals surface area contributed by atoms with Gasteiger partial charge in [0.1, 0.15) is 11.6 Å². The van der Waals surface area contributed by atoms with E-state index in [4.69, 9.17) is 16.3 Å². The molecule has 6 heteroatoms. The molecule has 0 radical (unpaired) electrons. The van der Waals surface area contributed by atoms with E-state index in [0.29, 0.717) is 30.3 Å². The molecule has 0 spiro atoms. The summed E-state index contributed by atoms with van der Waals surface area (Å²) in [4.78, 5) is 4.27. The van der Waals surface area contributed by atoms with Crippen molar-refractivity contribution >= 4 is 11.6 Å². The van der Waals surface area contributed by atoms with Crippen molar-refractivity contribution in [1.29, 1.82) is 0 Å². The highest BCUT2D eigenvalue weighted by atomic mass is 35.5. The van der Waals surface area contributed by atoms with E-state index in [2.05, 4.69) is 10.3 Å². The molecule has 0 aliphatic heterocycles. The van der Waals surface area contributed by atoms with Gasteiger partial charge in [0.05, 0.1) is 19.7 Å². The number of methoxy groups -OCH3 is 1. The summed E-state index contributed by atoms with van der Waals surface area (Å²) in [5.74, 6) is 0.585. The molecule has 1 aromatic heterocycles. The molecule has 0 amide bonds. The van der Waals surface area contributed by atoms with Crippen LogP contribution in [0.1, 0.15) is 11.4 Å². The number of aromatic nitrogens is 2. The highest BCUT2D eigenvalue weighted by Gasteiger charge is 2.07. The first-order valence-corrected chi connectivity index (χ1v) is 6.72. The number of rotatable bonds is 7. The van der Waals surface area contributed by atoms with E-state index in [-0.39, 0.29) is 5.82 Å². The zero-order chi connectivity index (χ0) is 14.4.